The normalized spacial score (nSPS) is 33.8. The first-order chi connectivity index (χ1) is 8.61. The third-order valence-corrected chi connectivity index (χ3v) is 2.81. The van der Waals surface area contributed by atoms with Crippen molar-refractivity contribution in [2.75, 3.05) is 19.8 Å². The first-order valence-electron chi connectivity index (χ1n) is 5.75. The number of ether oxygens (including phenoxy) is 4. The first kappa shape index (κ1) is 12.9. The molecule has 2 amide bonds. The molecule has 8 nitrogen and oxygen atoms in total. The zero-order valence-corrected chi connectivity index (χ0v) is 9.96. The Hall–Kier alpha value is -1.54. The molecule has 2 aliphatic rings. The average molecular weight is 260 g/mol. The molecule has 4 atom stereocenters. The number of rotatable bonds is 3. The summed E-state index contributed by atoms with van der Waals surface area (Å²) in [7, 11) is 0. The van der Waals surface area contributed by atoms with Crippen LogP contribution in [0.2, 0.25) is 0 Å². The Morgan fingerprint density at radius 1 is 1.22 bits per heavy atom. The summed E-state index contributed by atoms with van der Waals surface area (Å²) in [5.74, 6) is 0. The molecule has 1 unspecified atom stereocenters. The molecule has 3 N–H and O–H groups in total. The van der Waals surface area contributed by atoms with E-state index in [9.17, 15) is 9.59 Å². The van der Waals surface area contributed by atoms with Crippen LogP contribution in [-0.4, -0.2) is 56.4 Å². The highest BCUT2D eigenvalue weighted by molar-refractivity contribution is 5.67. The summed E-state index contributed by atoms with van der Waals surface area (Å²) < 4.78 is 20.8. The van der Waals surface area contributed by atoms with Gasteiger partial charge in [-0.1, -0.05) is 0 Å². The van der Waals surface area contributed by atoms with Crippen LogP contribution in [0.15, 0.2) is 0 Å². The maximum Gasteiger partial charge on any atom is 0.407 e. The zero-order chi connectivity index (χ0) is 13.1. The number of fused-ring (bicyclic) bond motifs is 1. The Labute approximate surface area is 104 Å². The van der Waals surface area contributed by atoms with E-state index in [1.807, 2.05) is 0 Å². The van der Waals surface area contributed by atoms with Crippen molar-refractivity contribution < 1.29 is 28.5 Å². The Kier molecular flexibility index (Phi) is 3.87. The minimum absolute atomic E-state index is 0.188. The highest BCUT2D eigenvalue weighted by atomic mass is 16.7. The van der Waals surface area contributed by atoms with E-state index in [0.29, 0.717) is 6.54 Å². The molecule has 102 valence electrons. The van der Waals surface area contributed by atoms with Gasteiger partial charge in [-0.05, 0) is 6.92 Å². The lowest BCUT2D eigenvalue weighted by atomic mass is 10.1. The van der Waals surface area contributed by atoms with Crippen LogP contribution < -0.4 is 11.1 Å². The molecular weight excluding hydrogens is 244 g/mol. The van der Waals surface area contributed by atoms with Crippen molar-refractivity contribution in [1.29, 1.82) is 0 Å². The molecule has 2 heterocycles. The van der Waals surface area contributed by atoms with E-state index in [1.54, 1.807) is 6.92 Å². The Morgan fingerprint density at radius 3 is 2.28 bits per heavy atom. The monoisotopic (exact) mass is 260 g/mol. The number of hydrogen-bond donors (Lipinski definition) is 2. The summed E-state index contributed by atoms with van der Waals surface area (Å²) in [6.07, 6.45) is -3.29. The van der Waals surface area contributed by atoms with Gasteiger partial charge in [-0.3, -0.25) is 0 Å². The summed E-state index contributed by atoms with van der Waals surface area (Å²) in [5, 5.41) is 2.52. The van der Waals surface area contributed by atoms with E-state index < -0.39 is 36.6 Å². The van der Waals surface area contributed by atoms with Gasteiger partial charge in [0.1, 0.15) is 12.2 Å². The van der Waals surface area contributed by atoms with Crippen molar-refractivity contribution in [1.82, 2.24) is 5.32 Å². The number of nitrogens with one attached hydrogen (secondary N) is 1. The maximum atomic E-state index is 11.3. The fraction of sp³-hybridized carbons (Fsp3) is 0.800. The van der Waals surface area contributed by atoms with Crippen LogP contribution >= 0.6 is 0 Å². The summed E-state index contributed by atoms with van der Waals surface area (Å²) >= 11 is 0. The Balaban J connectivity index is 1.88. The minimum Gasteiger partial charge on any atom is -0.441 e. The van der Waals surface area contributed by atoms with Gasteiger partial charge in [0.25, 0.3) is 0 Å². The van der Waals surface area contributed by atoms with E-state index in [4.69, 9.17) is 24.7 Å². The fourth-order valence-corrected chi connectivity index (χ4v) is 2.10. The minimum atomic E-state index is -0.874. The van der Waals surface area contributed by atoms with E-state index >= 15 is 0 Å². The second-order valence-corrected chi connectivity index (χ2v) is 4.05. The standard InChI is InChI=1S/C10H16N2O6/c1-2-12-10(14)18-6-4-16-7-5(17-9(11)13)3-15-8(6)7/h5-8H,2-4H2,1H3,(H2,11,13)(H,12,14)/t5-,6?,7-,8-/m1/s1. The molecule has 0 aromatic heterocycles. The molecule has 2 rings (SSSR count). The molecule has 0 spiro atoms. The molecule has 2 saturated heterocycles. The highest BCUT2D eigenvalue weighted by Gasteiger charge is 2.51. The van der Waals surface area contributed by atoms with Crippen molar-refractivity contribution in [3.8, 4) is 0 Å². The van der Waals surface area contributed by atoms with Crippen LogP contribution in [0.25, 0.3) is 0 Å². The van der Waals surface area contributed by atoms with E-state index in [-0.39, 0.29) is 13.2 Å². The van der Waals surface area contributed by atoms with Gasteiger partial charge < -0.3 is 30.0 Å². The van der Waals surface area contributed by atoms with Gasteiger partial charge in [0.15, 0.2) is 12.2 Å². The molecule has 0 aromatic rings. The molecule has 2 fully saturated rings. The predicted octanol–water partition coefficient (Wildman–Crippen LogP) is -0.637. The molecule has 0 aromatic carbocycles. The van der Waals surface area contributed by atoms with Crippen LogP contribution in [0, 0.1) is 0 Å². The topological polar surface area (TPSA) is 109 Å². The molecule has 0 radical (unpaired) electrons. The van der Waals surface area contributed by atoms with Crippen LogP contribution in [0.4, 0.5) is 9.59 Å². The SMILES string of the molecule is CCNC(=O)OC1CO[C@H]2[C@@H]1OC[C@H]2OC(N)=O. The maximum absolute atomic E-state index is 11.3. The molecule has 18 heavy (non-hydrogen) atoms. The van der Waals surface area contributed by atoms with Crippen LogP contribution in [-0.2, 0) is 18.9 Å². The van der Waals surface area contributed by atoms with Crippen molar-refractivity contribution in [3.05, 3.63) is 0 Å². The van der Waals surface area contributed by atoms with Gasteiger partial charge in [0.05, 0.1) is 13.2 Å². The van der Waals surface area contributed by atoms with Crippen LogP contribution in [0.1, 0.15) is 6.92 Å². The highest BCUT2D eigenvalue weighted by Crippen LogP contribution is 2.30. The molecule has 0 aliphatic carbocycles. The predicted molar refractivity (Wildman–Crippen MR) is 57.9 cm³/mol. The first-order valence-corrected chi connectivity index (χ1v) is 5.75. The number of nitrogens with two attached hydrogens (primary N) is 1. The van der Waals surface area contributed by atoms with Crippen LogP contribution in [0.3, 0.4) is 0 Å². The molecule has 0 bridgehead atoms. The molecule has 8 heteroatoms. The summed E-state index contributed by atoms with van der Waals surface area (Å²) in [6, 6.07) is 0. The number of amides is 2. The third-order valence-electron chi connectivity index (χ3n) is 2.81. The molecule has 2 aliphatic heterocycles. The van der Waals surface area contributed by atoms with Crippen molar-refractivity contribution in [2.45, 2.75) is 31.3 Å². The van der Waals surface area contributed by atoms with Crippen molar-refractivity contribution >= 4 is 12.2 Å². The number of carbonyl (C=O) groups is 2. The number of primary amides is 1. The zero-order valence-electron chi connectivity index (χ0n) is 9.96. The van der Waals surface area contributed by atoms with Gasteiger partial charge in [0, 0.05) is 6.54 Å². The summed E-state index contributed by atoms with van der Waals surface area (Å²) in [4.78, 5) is 22.0. The van der Waals surface area contributed by atoms with Gasteiger partial charge in [0.2, 0.25) is 0 Å². The lowest BCUT2D eigenvalue weighted by Gasteiger charge is -2.16. The number of carbonyl (C=O) groups excluding carboxylic acids is 2. The van der Waals surface area contributed by atoms with E-state index in [1.165, 1.54) is 0 Å². The van der Waals surface area contributed by atoms with Crippen molar-refractivity contribution in [2.24, 2.45) is 5.73 Å². The van der Waals surface area contributed by atoms with Crippen LogP contribution in [0.5, 0.6) is 0 Å². The molecular formula is C10H16N2O6. The Bertz CT molecular complexity index is 336. The average Bonchev–Trinajstić information content (AvgIpc) is 2.83. The van der Waals surface area contributed by atoms with Gasteiger partial charge >= 0.3 is 12.2 Å². The summed E-state index contributed by atoms with van der Waals surface area (Å²) in [5.41, 5.74) is 4.94. The van der Waals surface area contributed by atoms with Gasteiger partial charge in [-0.25, -0.2) is 9.59 Å². The third kappa shape index (κ3) is 2.65. The van der Waals surface area contributed by atoms with E-state index in [0.717, 1.165) is 0 Å². The second kappa shape index (κ2) is 5.40. The second-order valence-electron chi connectivity index (χ2n) is 4.05. The Morgan fingerprint density at radius 2 is 1.78 bits per heavy atom. The largest absolute Gasteiger partial charge is 0.441 e. The van der Waals surface area contributed by atoms with Crippen molar-refractivity contribution in [3.63, 3.8) is 0 Å². The molecule has 0 saturated carbocycles. The van der Waals surface area contributed by atoms with Gasteiger partial charge in [-0.2, -0.15) is 0 Å². The number of hydrogen-bond acceptors (Lipinski definition) is 6. The summed E-state index contributed by atoms with van der Waals surface area (Å²) in [6.45, 7) is 2.67. The lowest BCUT2D eigenvalue weighted by molar-refractivity contribution is -0.0102. The van der Waals surface area contributed by atoms with Gasteiger partial charge in [-0.15, -0.1) is 0 Å². The number of alkyl carbamates (subject to hydrolysis) is 1. The fourth-order valence-electron chi connectivity index (χ4n) is 2.10. The van der Waals surface area contributed by atoms with E-state index in [2.05, 4.69) is 5.32 Å². The smallest absolute Gasteiger partial charge is 0.407 e. The quantitative estimate of drug-likeness (QED) is 0.698. The lowest BCUT2D eigenvalue weighted by Crippen LogP contribution is -2.38.